The number of nitrogens with one attached hydrogen (secondary N) is 1. The SMILES string of the molecule is Cc1nn(Cc2ccc(C#N)cc2)c(C)c1NC(=O)c1cc(-c2ccccc2F)nc2ccccc12. The Morgan fingerprint density at radius 3 is 2.50 bits per heavy atom. The zero-order chi connectivity index (χ0) is 25.2. The van der Waals surface area contributed by atoms with Gasteiger partial charge in [0.2, 0.25) is 0 Å². The van der Waals surface area contributed by atoms with Crippen molar-refractivity contribution in [2.24, 2.45) is 0 Å². The summed E-state index contributed by atoms with van der Waals surface area (Å²) in [6, 6.07) is 24.8. The molecule has 3 aromatic carbocycles. The Kier molecular flexibility index (Phi) is 6.01. The van der Waals surface area contributed by atoms with E-state index in [-0.39, 0.29) is 5.91 Å². The van der Waals surface area contributed by atoms with Gasteiger partial charge in [0.25, 0.3) is 5.91 Å². The molecule has 5 rings (SSSR count). The first-order chi connectivity index (χ1) is 17.4. The van der Waals surface area contributed by atoms with Gasteiger partial charge in [0.1, 0.15) is 5.82 Å². The fourth-order valence-corrected chi connectivity index (χ4v) is 4.24. The zero-order valence-corrected chi connectivity index (χ0v) is 19.8. The Balaban J connectivity index is 1.49. The van der Waals surface area contributed by atoms with Crippen LogP contribution >= 0.6 is 0 Å². The van der Waals surface area contributed by atoms with E-state index in [0.29, 0.717) is 51.2 Å². The van der Waals surface area contributed by atoms with Gasteiger partial charge < -0.3 is 5.32 Å². The van der Waals surface area contributed by atoms with Crippen molar-refractivity contribution in [3.63, 3.8) is 0 Å². The van der Waals surface area contributed by atoms with Gasteiger partial charge in [-0.15, -0.1) is 0 Å². The van der Waals surface area contributed by atoms with Crippen molar-refractivity contribution >= 4 is 22.5 Å². The number of rotatable bonds is 5. The quantitative estimate of drug-likeness (QED) is 0.337. The van der Waals surface area contributed by atoms with Gasteiger partial charge in [-0.25, -0.2) is 9.37 Å². The average molecular weight is 476 g/mol. The van der Waals surface area contributed by atoms with Crippen molar-refractivity contribution in [2.75, 3.05) is 5.32 Å². The second-order valence-electron chi connectivity index (χ2n) is 8.52. The highest BCUT2D eigenvalue weighted by Gasteiger charge is 2.19. The Labute approximate surface area is 207 Å². The predicted molar refractivity (Wildman–Crippen MR) is 137 cm³/mol. The molecule has 6 nitrogen and oxygen atoms in total. The van der Waals surface area contributed by atoms with Crippen LogP contribution in [0.5, 0.6) is 0 Å². The van der Waals surface area contributed by atoms with Crippen LogP contribution in [0.3, 0.4) is 0 Å². The molecule has 2 heterocycles. The maximum absolute atomic E-state index is 14.5. The summed E-state index contributed by atoms with van der Waals surface area (Å²) in [7, 11) is 0. The summed E-state index contributed by atoms with van der Waals surface area (Å²) in [4.78, 5) is 18.1. The number of anilines is 1. The smallest absolute Gasteiger partial charge is 0.256 e. The normalized spacial score (nSPS) is 10.8. The fourth-order valence-electron chi connectivity index (χ4n) is 4.24. The molecule has 0 unspecified atom stereocenters. The molecule has 0 spiro atoms. The summed E-state index contributed by atoms with van der Waals surface area (Å²) in [6.45, 7) is 4.24. The summed E-state index contributed by atoms with van der Waals surface area (Å²) in [5.41, 5.74) is 5.43. The van der Waals surface area contributed by atoms with Gasteiger partial charge in [0.05, 0.1) is 52.0 Å². The highest BCUT2D eigenvalue weighted by atomic mass is 19.1. The van der Waals surface area contributed by atoms with Crippen LogP contribution in [0.1, 0.15) is 32.9 Å². The third kappa shape index (κ3) is 4.32. The number of pyridine rings is 1. The van der Waals surface area contributed by atoms with E-state index < -0.39 is 5.82 Å². The third-order valence-corrected chi connectivity index (χ3v) is 6.15. The molecule has 0 aliphatic heterocycles. The molecule has 1 amide bonds. The lowest BCUT2D eigenvalue weighted by Gasteiger charge is -2.12. The average Bonchev–Trinajstić information content (AvgIpc) is 3.16. The first kappa shape index (κ1) is 22.9. The fraction of sp³-hybridized carbons (Fsp3) is 0.103. The monoisotopic (exact) mass is 475 g/mol. The van der Waals surface area contributed by atoms with Crippen LogP contribution < -0.4 is 5.32 Å². The molecular formula is C29H22FN5O. The van der Waals surface area contributed by atoms with E-state index in [2.05, 4.69) is 21.5 Å². The molecular weight excluding hydrogens is 453 g/mol. The number of halogens is 1. The van der Waals surface area contributed by atoms with E-state index in [1.54, 1.807) is 36.4 Å². The molecule has 0 aliphatic rings. The Morgan fingerprint density at radius 1 is 1.03 bits per heavy atom. The molecule has 0 bridgehead atoms. The minimum Gasteiger partial charge on any atom is -0.319 e. The van der Waals surface area contributed by atoms with E-state index >= 15 is 0 Å². The van der Waals surface area contributed by atoms with Gasteiger partial charge in [0, 0.05) is 10.9 Å². The lowest BCUT2D eigenvalue weighted by Crippen LogP contribution is -2.14. The Morgan fingerprint density at radius 2 is 1.75 bits per heavy atom. The van der Waals surface area contributed by atoms with Crippen LogP contribution in [-0.2, 0) is 6.54 Å². The summed E-state index contributed by atoms with van der Waals surface area (Å²) in [5, 5.41) is 17.3. The van der Waals surface area contributed by atoms with Crippen molar-refractivity contribution in [2.45, 2.75) is 20.4 Å². The number of benzene rings is 3. The molecule has 7 heteroatoms. The maximum Gasteiger partial charge on any atom is 0.256 e. The highest BCUT2D eigenvalue weighted by Crippen LogP contribution is 2.28. The van der Waals surface area contributed by atoms with Crippen molar-refractivity contribution in [3.8, 4) is 17.3 Å². The highest BCUT2D eigenvalue weighted by molar-refractivity contribution is 6.13. The molecule has 2 aromatic heterocycles. The minimum absolute atomic E-state index is 0.324. The molecule has 36 heavy (non-hydrogen) atoms. The van der Waals surface area contributed by atoms with Gasteiger partial charge >= 0.3 is 0 Å². The van der Waals surface area contributed by atoms with Gasteiger partial charge in [-0.2, -0.15) is 10.4 Å². The summed E-state index contributed by atoms with van der Waals surface area (Å²) < 4.78 is 16.3. The molecule has 5 aromatic rings. The first-order valence-corrected chi connectivity index (χ1v) is 11.4. The number of amides is 1. The number of nitrogens with zero attached hydrogens (tertiary/aromatic N) is 4. The van der Waals surface area contributed by atoms with E-state index in [4.69, 9.17) is 5.26 Å². The summed E-state index contributed by atoms with van der Waals surface area (Å²) in [5.74, 6) is -0.724. The number of aromatic nitrogens is 3. The molecule has 0 fully saturated rings. The molecule has 0 radical (unpaired) electrons. The second kappa shape index (κ2) is 9.43. The number of hydrogen-bond acceptors (Lipinski definition) is 4. The first-order valence-electron chi connectivity index (χ1n) is 11.4. The van der Waals surface area contributed by atoms with Gasteiger partial charge in [-0.3, -0.25) is 9.48 Å². The predicted octanol–water partition coefficient (Wildman–Crippen LogP) is 6.03. The Hall–Kier alpha value is -4.83. The number of hydrogen-bond donors (Lipinski definition) is 1. The zero-order valence-electron chi connectivity index (χ0n) is 19.8. The van der Waals surface area contributed by atoms with Crippen molar-refractivity contribution in [1.82, 2.24) is 14.8 Å². The lowest BCUT2D eigenvalue weighted by atomic mass is 10.0. The van der Waals surface area contributed by atoms with Crippen LogP contribution in [0.25, 0.3) is 22.2 Å². The van der Waals surface area contributed by atoms with Gasteiger partial charge in [0.15, 0.2) is 0 Å². The summed E-state index contributed by atoms with van der Waals surface area (Å²) in [6.07, 6.45) is 0. The number of aryl methyl sites for hydroxylation is 1. The maximum atomic E-state index is 14.5. The van der Waals surface area contributed by atoms with E-state index in [9.17, 15) is 9.18 Å². The van der Waals surface area contributed by atoms with Crippen molar-refractivity contribution < 1.29 is 9.18 Å². The molecule has 1 N–H and O–H groups in total. The second-order valence-corrected chi connectivity index (χ2v) is 8.52. The van der Waals surface area contributed by atoms with E-state index in [1.807, 2.05) is 54.9 Å². The van der Waals surface area contributed by atoms with Gasteiger partial charge in [-0.05, 0) is 55.8 Å². The lowest BCUT2D eigenvalue weighted by molar-refractivity contribution is 0.102. The minimum atomic E-state index is -0.401. The molecule has 0 saturated carbocycles. The largest absolute Gasteiger partial charge is 0.319 e. The van der Waals surface area contributed by atoms with Crippen LogP contribution in [0.4, 0.5) is 10.1 Å². The van der Waals surface area contributed by atoms with E-state index in [0.717, 1.165) is 11.3 Å². The van der Waals surface area contributed by atoms with Crippen molar-refractivity contribution in [1.29, 1.82) is 5.26 Å². The number of carbonyl (C=O) groups excluding carboxylic acids is 1. The van der Waals surface area contributed by atoms with E-state index in [1.165, 1.54) is 6.07 Å². The number of nitriles is 1. The third-order valence-electron chi connectivity index (χ3n) is 6.15. The molecule has 176 valence electrons. The van der Waals surface area contributed by atoms with Crippen LogP contribution in [0.15, 0.2) is 78.9 Å². The topological polar surface area (TPSA) is 83.6 Å². The van der Waals surface area contributed by atoms with Crippen LogP contribution in [-0.4, -0.2) is 20.7 Å². The number of fused-ring (bicyclic) bond motifs is 1. The van der Waals surface area contributed by atoms with Crippen LogP contribution in [0, 0.1) is 31.0 Å². The molecule has 0 aliphatic carbocycles. The molecule has 0 atom stereocenters. The van der Waals surface area contributed by atoms with Crippen LogP contribution in [0.2, 0.25) is 0 Å². The van der Waals surface area contributed by atoms with Crippen molar-refractivity contribution in [3.05, 3.63) is 113 Å². The van der Waals surface area contributed by atoms with Gasteiger partial charge in [-0.1, -0.05) is 42.5 Å². The number of carbonyl (C=O) groups is 1. The molecule has 0 saturated heterocycles. The standard InChI is InChI=1S/C29H22FN5O/c1-18-28(19(2)35(34-18)17-21-13-11-20(16-31)12-14-21)33-29(36)24-15-27(23-8-3-5-9-25(23)30)32-26-10-6-4-7-22(24)26/h3-15H,17H2,1-2H3,(H,33,36). The number of para-hydroxylation sites is 1. The Bertz CT molecular complexity index is 1650. The summed E-state index contributed by atoms with van der Waals surface area (Å²) >= 11 is 0.